The smallest absolute Gasteiger partial charge is 0.129 e. The van der Waals surface area contributed by atoms with Crippen LogP contribution in [0.3, 0.4) is 0 Å². The van der Waals surface area contributed by atoms with Gasteiger partial charge in [-0.05, 0) is 43.1 Å². The van der Waals surface area contributed by atoms with Crippen molar-refractivity contribution in [2.75, 3.05) is 11.5 Å². The van der Waals surface area contributed by atoms with E-state index in [-0.39, 0.29) is 11.6 Å². The largest absolute Gasteiger partial charge is 0.310 e. The van der Waals surface area contributed by atoms with Crippen molar-refractivity contribution in [2.45, 2.75) is 45.7 Å². The lowest BCUT2D eigenvalue weighted by Crippen LogP contribution is -2.45. The second kappa shape index (κ2) is 6.44. The van der Waals surface area contributed by atoms with Crippen molar-refractivity contribution in [3.63, 3.8) is 0 Å². The molecule has 4 heteroatoms. The van der Waals surface area contributed by atoms with Gasteiger partial charge in [-0.25, -0.2) is 8.78 Å². The van der Waals surface area contributed by atoms with Gasteiger partial charge in [-0.3, -0.25) is 0 Å². The van der Waals surface area contributed by atoms with Gasteiger partial charge in [-0.2, -0.15) is 11.8 Å². The Morgan fingerprint density at radius 1 is 1.35 bits per heavy atom. The van der Waals surface area contributed by atoms with Crippen LogP contribution in [0.1, 0.15) is 32.8 Å². The van der Waals surface area contributed by atoms with Crippen LogP contribution in [0.5, 0.6) is 0 Å². The molecule has 1 aromatic rings. The molecule has 1 N–H and O–H groups in total. The van der Waals surface area contributed by atoms with E-state index in [0.717, 1.165) is 12.2 Å². The van der Waals surface area contributed by atoms with E-state index in [0.29, 0.717) is 17.9 Å². The molecule has 0 aliphatic carbocycles. The minimum absolute atomic E-state index is 0.0703. The molecule has 0 radical (unpaired) electrons. The number of benzene rings is 1. The Balaban J connectivity index is 1.94. The molecule has 1 aliphatic rings. The number of rotatable bonds is 4. The third-order valence-electron chi connectivity index (χ3n) is 3.70. The molecule has 2 rings (SSSR count). The van der Waals surface area contributed by atoms with Gasteiger partial charge in [0.25, 0.3) is 0 Å². The fraction of sp³-hybridized carbons (Fsp3) is 0.625. The summed E-state index contributed by atoms with van der Waals surface area (Å²) in [6, 6.07) is 4.55. The van der Waals surface area contributed by atoms with E-state index in [2.05, 4.69) is 19.2 Å². The summed E-state index contributed by atoms with van der Waals surface area (Å²) in [5.41, 5.74) is 0.527. The van der Waals surface area contributed by atoms with Crippen LogP contribution in [0.25, 0.3) is 0 Å². The number of halogens is 2. The molecule has 20 heavy (non-hydrogen) atoms. The molecule has 2 atom stereocenters. The van der Waals surface area contributed by atoms with Crippen molar-refractivity contribution in [1.82, 2.24) is 5.32 Å². The Bertz CT molecular complexity index is 442. The number of hydrogen-bond donors (Lipinski definition) is 1. The first-order chi connectivity index (χ1) is 9.37. The van der Waals surface area contributed by atoms with Crippen LogP contribution < -0.4 is 5.32 Å². The SMILES string of the molecule is CC(Cc1c(F)cccc1F)NC1CSCC(C)(C)C1. The summed E-state index contributed by atoms with van der Waals surface area (Å²) in [7, 11) is 0. The molecular formula is C16H23F2NS. The predicted molar refractivity (Wildman–Crippen MR) is 82.2 cm³/mol. The molecule has 0 saturated carbocycles. The van der Waals surface area contributed by atoms with E-state index < -0.39 is 11.6 Å². The summed E-state index contributed by atoms with van der Waals surface area (Å²) in [5, 5.41) is 3.52. The summed E-state index contributed by atoms with van der Waals surface area (Å²) in [6.45, 7) is 6.54. The highest BCUT2D eigenvalue weighted by atomic mass is 32.2. The average Bonchev–Trinajstić information content (AvgIpc) is 2.33. The Morgan fingerprint density at radius 3 is 2.60 bits per heavy atom. The molecule has 1 aliphatic heterocycles. The maximum absolute atomic E-state index is 13.6. The quantitative estimate of drug-likeness (QED) is 0.901. The Labute approximate surface area is 124 Å². The third-order valence-corrected chi connectivity index (χ3v) is 5.33. The maximum Gasteiger partial charge on any atom is 0.129 e. The molecule has 1 saturated heterocycles. The van der Waals surface area contributed by atoms with Crippen LogP contribution in [-0.2, 0) is 6.42 Å². The molecule has 0 aromatic heterocycles. The summed E-state index contributed by atoms with van der Waals surface area (Å²) < 4.78 is 27.3. The van der Waals surface area contributed by atoms with Gasteiger partial charge in [-0.1, -0.05) is 19.9 Å². The van der Waals surface area contributed by atoms with Crippen LogP contribution in [0.2, 0.25) is 0 Å². The molecule has 1 aromatic carbocycles. The molecule has 0 spiro atoms. The summed E-state index contributed by atoms with van der Waals surface area (Å²) >= 11 is 1.95. The first-order valence-electron chi connectivity index (χ1n) is 7.14. The molecule has 112 valence electrons. The Hall–Kier alpha value is -0.610. The van der Waals surface area contributed by atoms with E-state index in [1.165, 1.54) is 24.0 Å². The monoisotopic (exact) mass is 299 g/mol. The van der Waals surface area contributed by atoms with Crippen LogP contribution in [0.4, 0.5) is 8.78 Å². The van der Waals surface area contributed by atoms with Crippen molar-refractivity contribution in [3.05, 3.63) is 35.4 Å². The zero-order chi connectivity index (χ0) is 14.8. The van der Waals surface area contributed by atoms with Crippen molar-refractivity contribution >= 4 is 11.8 Å². The van der Waals surface area contributed by atoms with Gasteiger partial charge in [0, 0.05) is 23.4 Å². The zero-order valence-corrected chi connectivity index (χ0v) is 13.2. The van der Waals surface area contributed by atoms with Gasteiger partial charge in [0.1, 0.15) is 11.6 Å². The topological polar surface area (TPSA) is 12.0 Å². The second-order valence-corrected chi connectivity index (χ2v) is 7.58. The molecule has 0 amide bonds. The van der Waals surface area contributed by atoms with Gasteiger partial charge in [-0.15, -0.1) is 0 Å². The van der Waals surface area contributed by atoms with Gasteiger partial charge < -0.3 is 5.32 Å². The third kappa shape index (κ3) is 4.19. The predicted octanol–water partition coefficient (Wildman–Crippen LogP) is 4.02. The van der Waals surface area contributed by atoms with Crippen LogP contribution >= 0.6 is 11.8 Å². The van der Waals surface area contributed by atoms with Crippen molar-refractivity contribution in [2.24, 2.45) is 5.41 Å². The van der Waals surface area contributed by atoms with E-state index in [1.807, 2.05) is 18.7 Å². The molecule has 1 heterocycles. The lowest BCUT2D eigenvalue weighted by atomic mass is 9.87. The average molecular weight is 299 g/mol. The van der Waals surface area contributed by atoms with Gasteiger partial charge >= 0.3 is 0 Å². The summed E-state index contributed by atoms with van der Waals surface area (Å²) in [5.74, 6) is 1.36. The zero-order valence-electron chi connectivity index (χ0n) is 12.4. The normalized spacial score (nSPS) is 23.6. The van der Waals surface area contributed by atoms with Gasteiger partial charge in [0.15, 0.2) is 0 Å². The van der Waals surface area contributed by atoms with E-state index in [9.17, 15) is 8.78 Å². The number of thioether (sulfide) groups is 1. The fourth-order valence-electron chi connectivity index (χ4n) is 2.86. The van der Waals surface area contributed by atoms with Crippen LogP contribution in [-0.4, -0.2) is 23.6 Å². The summed E-state index contributed by atoms with van der Waals surface area (Å²) in [4.78, 5) is 0. The number of hydrogen-bond acceptors (Lipinski definition) is 2. The van der Waals surface area contributed by atoms with Gasteiger partial charge in [0.05, 0.1) is 0 Å². The Morgan fingerprint density at radius 2 is 2.00 bits per heavy atom. The highest BCUT2D eigenvalue weighted by Gasteiger charge is 2.29. The maximum atomic E-state index is 13.6. The lowest BCUT2D eigenvalue weighted by molar-refractivity contribution is 0.302. The van der Waals surface area contributed by atoms with Crippen molar-refractivity contribution in [3.8, 4) is 0 Å². The number of nitrogens with one attached hydrogen (secondary N) is 1. The van der Waals surface area contributed by atoms with E-state index in [4.69, 9.17) is 0 Å². The van der Waals surface area contributed by atoms with Gasteiger partial charge in [0.2, 0.25) is 0 Å². The lowest BCUT2D eigenvalue weighted by Gasteiger charge is -2.36. The van der Waals surface area contributed by atoms with Crippen LogP contribution in [0, 0.1) is 17.0 Å². The highest BCUT2D eigenvalue weighted by molar-refractivity contribution is 7.99. The minimum atomic E-state index is -0.447. The Kier molecular flexibility index (Phi) is 5.08. The van der Waals surface area contributed by atoms with E-state index in [1.54, 1.807) is 0 Å². The minimum Gasteiger partial charge on any atom is -0.310 e. The molecule has 0 bridgehead atoms. The molecule has 1 nitrogen and oxygen atoms in total. The van der Waals surface area contributed by atoms with Crippen molar-refractivity contribution < 1.29 is 8.78 Å². The summed E-state index contributed by atoms with van der Waals surface area (Å²) in [6.07, 6.45) is 1.50. The standard InChI is InChI=1S/C16H23F2NS/c1-11(7-13-14(17)5-4-6-15(13)18)19-12-8-16(2,3)10-20-9-12/h4-6,11-12,19H,7-10H2,1-3H3. The second-order valence-electron chi connectivity index (χ2n) is 6.55. The molecular weight excluding hydrogens is 276 g/mol. The highest BCUT2D eigenvalue weighted by Crippen LogP contribution is 2.33. The molecule has 2 unspecified atom stereocenters. The van der Waals surface area contributed by atoms with Crippen LogP contribution in [0.15, 0.2) is 18.2 Å². The molecule has 1 fully saturated rings. The first-order valence-corrected chi connectivity index (χ1v) is 8.29. The first kappa shape index (κ1) is 15.8. The van der Waals surface area contributed by atoms with E-state index >= 15 is 0 Å². The fourth-order valence-corrected chi connectivity index (χ4v) is 4.15. The van der Waals surface area contributed by atoms with Crippen molar-refractivity contribution in [1.29, 1.82) is 0 Å².